The molecule has 0 spiro atoms. The van der Waals surface area contributed by atoms with E-state index in [0.717, 1.165) is 65.5 Å². The van der Waals surface area contributed by atoms with Gasteiger partial charge < -0.3 is 15.5 Å². The summed E-state index contributed by atoms with van der Waals surface area (Å²) in [6, 6.07) is 11.3. The quantitative estimate of drug-likeness (QED) is 0.291. The summed E-state index contributed by atoms with van der Waals surface area (Å²) in [6.07, 6.45) is 11.5. The molecule has 216 valence electrons. The second-order valence-corrected chi connectivity index (χ2v) is 15.6. The number of aromatic nitrogens is 1. The molecule has 2 aromatic rings. The van der Waals surface area contributed by atoms with Gasteiger partial charge in [-0.3, -0.25) is 13.9 Å². The van der Waals surface area contributed by atoms with Crippen molar-refractivity contribution in [2.45, 2.75) is 88.1 Å². The fourth-order valence-electron chi connectivity index (χ4n) is 6.57. The molecule has 2 atom stereocenters. The number of benzene rings is 1. The summed E-state index contributed by atoms with van der Waals surface area (Å²) in [7, 11) is -2.43. The van der Waals surface area contributed by atoms with Crippen molar-refractivity contribution in [1.82, 2.24) is 10.3 Å². The Morgan fingerprint density at radius 3 is 2.38 bits per heavy atom. The Morgan fingerprint density at radius 1 is 1.02 bits per heavy atom. The van der Waals surface area contributed by atoms with Crippen LogP contribution >= 0.6 is 21.9 Å². The zero-order valence-corrected chi connectivity index (χ0v) is 24.7. The maximum atomic E-state index is 13.5. The van der Waals surface area contributed by atoms with E-state index in [1.165, 1.54) is 32.1 Å². The van der Waals surface area contributed by atoms with Gasteiger partial charge in [0.15, 0.2) is 5.13 Å². The first-order chi connectivity index (χ1) is 19.3. The molecule has 1 aromatic heterocycles. The highest BCUT2D eigenvalue weighted by Gasteiger charge is 2.47. The number of rotatable bonds is 7. The lowest BCUT2D eigenvalue weighted by molar-refractivity contribution is -0.127. The molecule has 1 aromatic carbocycles. The first kappa shape index (κ1) is 27.8. The number of anilines is 2. The van der Waals surface area contributed by atoms with Crippen LogP contribution in [0.2, 0.25) is 0 Å². The number of hydrogen-bond donors (Lipinski definition) is 4. The Morgan fingerprint density at radius 2 is 1.70 bits per heavy atom. The van der Waals surface area contributed by atoms with E-state index >= 15 is 0 Å². The number of amides is 1. The van der Waals surface area contributed by atoms with E-state index in [-0.39, 0.29) is 17.7 Å². The topological polar surface area (TPSA) is 122 Å². The minimum atomic E-state index is -2.43. The second-order valence-electron chi connectivity index (χ2n) is 12.1. The third kappa shape index (κ3) is 6.13. The van der Waals surface area contributed by atoms with Crippen molar-refractivity contribution in [3.8, 4) is 16.5 Å². The van der Waals surface area contributed by atoms with Gasteiger partial charge in [-0.2, -0.15) is 15.9 Å². The zero-order valence-electron chi connectivity index (χ0n) is 23.1. The highest BCUT2D eigenvalue weighted by Crippen LogP contribution is 2.47. The number of thiazole rings is 1. The first-order valence-electron chi connectivity index (χ1n) is 14.9. The van der Waals surface area contributed by atoms with E-state index in [9.17, 15) is 19.2 Å². The highest BCUT2D eigenvalue weighted by atomic mass is 32.3. The van der Waals surface area contributed by atoms with Crippen molar-refractivity contribution in [2.24, 2.45) is 5.92 Å². The number of carbonyl (C=O) groups excluding carboxylic acids is 1. The number of carbonyl (C=O) groups is 1. The fraction of sp³-hybridized carbons (Fsp3) is 0.633. The maximum Gasteiger partial charge on any atom is 0.225 e. The summed E-state index contributed by atoms with van der Waals surface area (Å²) >= 11 is 1.70. The summed E-state index contributed by atoms with van der Waals surface area (Å²) in [5.74, 6) is 0.708. The number of hydrogen-bond acceptors (Lipinski definition) is 8. The Hall–Kier alpha value is -2.32. The van der Waals surface area contributed by atoms with Gasteiger partial charge in [0, 0.05) is 36.7 Å². The Bertz CT molecular complexity index is 1240. The van der Waals surface area contributed by atoms with Crippen molar-refractivity contribution in [3.63, 3.8) is 0 Å². The van der Waals surface area contributed by atoms with Gasteiger partial charge in [-0.1, -0.05) is 55.6 Å². The number of nitrogens with one attached hydrogen (secondary N) is 2. The van der Waals surface area contributed by atoms with E-state index in [0.29, 0.717) is 30.6 Å². The Balaban J connectivity index is 1.28. The minimum absolute atomic E-state index is 0.0101. The molecule has 2 heterocycles. The minimum Gasteiger partial charge on any atom is -0.368 e. The summed E-state index contributed by atoms with van der Waals surface area (Å²) in [5.41, 5.74) is 2.56. The molecular formula is C30H41N5O3S2. The van der Waals surface area contributed by atoms with E-state index in [2.05, 4.69) is 45.9 Å². The van der Waals surface area contributed by atoms with E-state index < -0.39 is 16.1 Å². The van der Waals surface area contributed by atoms with Crippen molar-refractivity contribution in [1.29, 1.82) is 5.26 Å². The van der Waals surface area contributed by atoms with Crippen molar-refractivity contribution in [2.75, 3.05) is 34.8 Å². The molecule has 3 saturated carbocycles. The van der Waals surface area contributed by atoms with Crippen LogP contribution < -0.4 is 15.5 Å². The number of nitrogens with zero attached hydrogens (tertiary/aromatic N) is 3. The third-order valence-corrected chi connectivity index (χ3v) is 12.0. The van der Waals surface area contributed by atoms with E-state index in [1.807, 2.05) is 0 Å². The number of nitriles is 1. The summed E-state index contributed by atoms with van der Waals surface area (Å²) < 4.78 is 20.0. The molecule has 1 saturated heterocycles. The zero-order chi connectivity index (χ0) is 27.7. The molecule has 0 radical (unpaired) electrons. The lowest BCUT2D eigenvalue weighted by Gasteiger charge is -2.41. The van der Waals surface area contributed by atoms with Crippen molar-refractivity contribution >= 4 is 38.7 Å². The van der Waals surface area contributed by atoms with Crippen LogP contribution in [0.15, 0.2) is 24.3 Å². The average molecular weight is 584 g/mol. The Kier molecular flexibility index (Phi) is 8.01. The summed E-state index contributed by atoms with van der Waals surface area (Å²) in [6.45, 7) is 1.29. The Labute approximate surface area is 242 Å². The lowest BCUT2D eigenvalue weighted by atomic mass is 9.76. The average Bonchev–Trinajstić information content (AvgIpc) is 3.63. The molecule has 0 unspecified atom stereocenters. The van der Waals surface area contributed by atoms with Gasteiger partial charge in [0.2, 0.25) is 5.91 Å². The van der Waals surface area contributed by atoms with E-state index in [4.69, 9.17) is 4.98 Å². The molecule has 4 aliphatic rings. The molecular weight excluding hydrogens is 542 g/mol. The van der Waals surface area contributed by atoms with Crippen LogP contribution in [0.25, 0.3) is 10.4 Å². The van der Waals surface area contributed by atoms with Gasteiger partial charge in [0.25, 0.3) is 0 Å². The summed E-state index contributed by atoms with van der Waals surface area (Å²) in [5, 5.41) is 17.3. The normalized spacial score (nSPS) is 26.9. The molecule has 3 aliphatic carbocycles. The molecule has 4 N–H and O–H groups in total. The van der Waals surface area contributed by atoms with Gasteiger partial charge >= 0.3 is 0 Å². The smallest absolute Gasteiger partial charge is 0.225 e. The van der Waals surface area contributed by atoms with Crippen LogP contribution in [0.5, 0.6) is 0 Å². The van der Waals surface area contributed by atoms with Gasteiger partial charge in [-0.25, -0.2) is 4.98 Å². The standard InChI is InChI=1S/C30H41N5O3S2/c31-20-30(14-15-30)34-28(36)25-9-5-4-8-24(25)26-27(39-29(33-26)32-22-6-2-1-3-7-22)21-10-12-23(13-11-21)35-16-18-40(37,38)19-17-35/h10-13,22,24-25,37-38H,1-9,14-19H2,(H,32,33)(H,34,36)/t24-,25-/m1/s1. The first-order valence-corrected chi connectivity index (χ1v) is 17.6. The monoisotopic (exact) mass is 583 g/mol. The van der Waals surface area contributed by atoms with Crippen LogP contribution in [0.3, 0.4) is 0 Å². The highest BCUT2D eigenvalue weighted by molar-refractivity contribution is 8.24. The molecule has 4 fully saturated rings. The molecule has 0 bridgehead atoms. The van der Waals surface area contributed by atoms with Gasteiger partial charge in [-0.15, -0.1) is 0 Å². The predicted molar refractivity (Wildman–Crippen MR) is 163 cm³/mol. The predicted octanol–water partition coefficient (Wildman–Crippen LogP) is 6.57. The SMILES string of the molecule is N#CC1(NC(=O)[C@@H]2CCCC[C@H]2c2nc(NC3CCCCC3)sc2-c2ccc(N3CCS(O)(O)CC3)cc2)CC1. The van der Waals surface area contributed by atoms with Crippen molar-refractivity contribution in [3.05, 3.63) is 30.0 Å². The van der Waals surface area contributed by atoms with Gasteiger partial charge in [-0.05, 0) is 56.2 Å². The van der Waals surface area contributed by atoms with Crippen molar-refractivity contribution < 1.29 is 13.9 Å². The molecule has 6 rings (SSSR count). The molecule has 8 nitrogen and oxygen atoms in total. The maximum absolute atomic E-state index is 13.5. The molecule has 10 heteroatoms. The largest absolute Gasteiger partial charge is 0.368 e. The molecule has 1 amide bonds. The summed E-state index contributed by atoms with van der Waals surface area (Å²) in [4.78, 5) is 22.0. The second kappa shape index (κ2) is 11.5. The van der Waals surface area contributed by atoms with Crippen LogP contribution in [0, 0.1) is 17.2 Å². The third-order valence-electron chi connectivity index (χ3n) is 9.24. The molecule has 40 heavy (non-hydrogen) atoms. The van der Waals surface area contributed by atoms with Crippen LogP contribution in [-0.2, 0) is 4.79 Å². The van der Waals surface area contributed by atoms with Crippen LogP contribution in [0.4, 0.5) is 10.8 Å². The van der Waals surface area contributed by atoms with Gasteiger partial charge in [0.1, 0.15) is 5.54 Å². The molecule has 1 aliphatic heterocycles. The van der Waals surface area contributed by atoms with E-state index in [1.54, 1.807) is 11.3 Å². The fourth-order valence-corrected chi connectivity index (χ4v) is 8.92. The van der Waals surface area contributed by atoms with Gasteiger partial charge in [0.05, 0.1) is 28.1 Å². The lowest BCUT2D eigenvalue weighted by Crippen LogP contribution is -2.42. The van der Waals surface area contributed by atoms with Crippen LogP contribution in [0.1, 0.15) is 82.2 Å². The van der Waals surface area contributed by atoms with Crippen LogP contribution in [-0.4, -0.2) is 56.2 Å².